The second kappa shape index (κ2) is 22.9. The maximum Gasteiger partial charge on any atom is 0.335 e. The number of carbonyl (C=O) groups is 2. The highest BCUT2D eigenvalue weighted by atomic mass is 16.5. The van der Waals surface area contributed by atoms with Crippen LogP contribution >= 0.6 is 0 Å². The number of hydrogen-bond donors (Lipinski definition) is 1. The zero-order valence-electron chi connectivity index (χ0n) is 18.3. The normalized spacial score (nSPS) is 11.8. The monoisotopic (exact) mass is 392 g/mol. The van der Waals surface area contributed by atoms with Gasteiger partial charge in [0, 0.05) is 0 Å². The molecule has 0 aliphatic rings. The van der Waals surface area contributed by atoms with Crippen molar-refractivity contribution in [1.29, 1.82) is 0 Å². The molecule has 0 aliphatic heterocycles. The van der Waals surface area contributed by atoms with Crippen molar-refractivity contribution in [2.75, 3.05) is 6.61 Å². The fourth-order valence-corrected chi connectivity index (χ4v) is 1.99. The van der Waals surface area contributed by atoms with Gasteiger partial charge in [-0.15, -0.1) is 0 Å². The molecular formula is C24H40O4. The van der Waals surface area contributed by atoms with Crippen LogP contribution in [-0.4, -0.2) is 23.7 Å². The highest BCUT2D eigenvalue weighted by molar-refractivity contribution is 5.89. The lowest BCUT2D eigenvalue weighted by atomic mass is 10.1. The van der Waals surface area contributed by atoms with E-state index in [1.165, 1.54) is 0 Å². The van der Waals surface area contributed by atoms with Gasteiger partial charge in [0.25, 0.3) is 0 Å². The SMILES string of the molecule is CC/C=C\CCOC(=O)C/C=C\CC.CCCC=C(C=CCCCC)C(=O)O. The van der Waals surface area contributed by atoms with Crippen LogP contribution in [0.1, 0.15) is 85.5 Å². The zero-order valence-corrected chi connectivity index (χ0v) is 18.3. The summed E-state index contributed by atoms with van der Waals surface area (Å²) >= 11 is 0. The van der Waals surface area contributed by atoms with Crippen molar-refractivity contribution >= 4 is 11.9 Å². The molecule has 0 fully saturated rings. The number of hydrogen-bond acceptors (Lipinski definition) is 3. The Balaban J connectivity index is 0. The molecule has 1 N–H and O–H groups in total. The molecule has 0 aromatic carbocycles. The van der Waals surface area contributed by atoms with Crippen LogP contribution in [0.25, 0.3) is 0 Å². The molecule has 0 unspecified atom stereocenters. The van der Waals surface area contributed by atoms with Crippen molar-refractivity contribution < 1.29 is 19.4 Å². The number of carboxylic acids is 1. The number of rotatable bonds is 14. The fourth-order valence-electron chi connectivity index (χ4n) is 1.99. The highest BCUT2D eigenvalue weighted by Gasteiger charge is 2.00. The van der Waals surface area contributed by atoms with E-state index >= 15 is 0 Å². The summed E-state index contributed by atoms with van der Waals surface area (Å²) in [6.07, 6.45) is 21.6. The van der Waals surface area contributed by atoms with Gasteiger partial charge in [0.15, 0.2) is 0 Å². The molecule has 0 rings (SSSR count). The number of allylic oxidation sites excluding steroid dienone is 4. The van der Waals surface area contributed by atoms with Crippen LogP contribution in [0, 0.1) is 0 Å². The van der Waals surface area contributed by atoms with Gasteiger partial charge in [-0.25, -0.2) is 4.79 Å². The summed E-state index contributed by atoms with van der Waals surface area (Å²) < 4.78 is 4.99. The van der Waals surface area contributed by atoms with Crippen molar-refractivity contribution in [3.05, 3.63) is 48.1 Å². The van der Waals surface area contributed by atoms with Crippen molar-refractivity contribution in [3.8, 4) is 0 Å². The Morgan fingerprint density at radius 3 is 2.07 bits per heavy atom. The van der Waals surface area contributed by atoms with Crippen LogP contribution in [0.3, 0.4) is 0 Å². The first-order valence-corrected chi connectivity index (χ1v) is 10.6. The lowest BCUT2D eigenvalue weighted by Gasteiger charge is -1.99. The predicted molar refractivity (Wildman–Crippen MR) is 118 cm³/mol. The highest BCUT2D eigenvalue weighted by Crippen LogP contribution is 2.04. The molecule has 0 saturated carbocycles. The van der Waals surface area contributed by atoms with Crippen LogP contribution < -0.4 is 0 Å². The second-order valence-electron chi connectivity index (χ2n) is 6.27. The van der Waals surface area contributed by atoms with Crippen LogP contribution in [0.4, 0.5) is 0 Å². The summed E-state index contributed by atoms with van der Waals surface area (Å²) in [5, 5.41) is 8.84. The molecule has 0 spiro atoms. The smallest absolute Gasteiger partial charge is 0.335 e. The molecule has 160 valence electrons. The standard InChI is InChI=1S/2C12H20O2/c1-3-5-7-8-10-11(12(13)14)9-6-4-2;1-3-5-7-9-11-14-12(13)10-8-6-4-2/h8-10H,3-7H2,1-2H3,(H,13,14);5-8H,3-4,9-11H2,1-2H3/b;7-5-,8-6-. The fraction of sp³-hybridized carbons (Fsp3) is 0.583. The first kappa shape index (κ1) is 28.1. The summed E-state index contributed by atoms with van der Waals surface area (Å²) in [7, 11) is 0. The largest absolute Gasteiger partial charge is 0.478 e. The van der Waals surface area contributed by atoms with E-state index in [1.54, 1.807) is 12.2 Å². The predicted octanol–water partition coefficient (Wildman–Crippen LogP) is 6.79. The van der Waals surface area contributed by atoms with E-state index in [0.717, 1.165) is 51.4 Å². The Hall–Kier alpha value is -2.10. The molecule has 0 heterocycles. The summed E-state index contributed by atoms with van der Waals surface area (Å²) in [4.78, 5) is 21.8. The minimum absolute atomic E-state index is 0.139. The lowest BCUT2D eigenvalue weighted by Crippen LogP contribution is -2.03. The van der Waals surface area contributed by atoms with Gasteiger partial charge in [0.2, 0.25) is 0 Å². The maximum atomic E-state index is 11.1. The first-order valence-electron chi connectivity index (χ1n) is 10.6. The van der Waals surface area contributed by atoms with Gasteiger partial charge in [-0.1, -0.05) is 89.5 Å². The van der Waals surface area contributed by atoms with Crippen LogP contribution in [-0.2, 0) is 14.3 Å². The van der Waals surface area contributed by atoms with E-state index < -0.39 is 5.97 Å². The number of carboxylic acid groups (broad SMARTS) is 1. The van der Waals surface area contributed by atoms with Crippen LogP contribution in [0.5, 0.6) is 0 Å². The first-order chi connectivity index (χ1) is 13.5. The molecule has 0 amide bonds. The lowest BCUT2D eigenvalue weighted by molar-refractivity contribution is -0.142. The van der Waals surface area contributed by atoms with Crippen LogP contribution in [0.15, 0.2) is 48.1 Å². The Bertz CT molecular complexity index is 499. The quantitative estimate of drug-likeness (QED) is 0.116. The van der Waals surface area contributed by atoms with Gasteiger partial charge in [0.05, 0.1) is 18.6 Å². The van der Waals surface area contributed by atoms with Crippen molar-refractivity contribution in [3.63, 3.8) is 0 Å². The van der Waals surface area contributed by atoms with Crippen LogP contribution in [0.2, 0.25) is 0 Å². The van der Waals surface area contributed by atoms with Crippen molar-refractivity contribution in [2.45, 2.75) is 85.5 Å². The number of unbranched alkanes of at least 4 members (excludes halogenated alkanes) is 3. The minimum Gasteiger partial charge on any atom is -0.478 e. The molecule has 28 heavy (non-hydrogen) atoms. The van der Waals surface area contributed by atoms with E-state index in [1.807, 2.05) is 38.2 Å². The van der Waals surface area contributed by atoms with Gasteiger partial charge >= 0.3 is 11.9 Å². The Morgan fingerprint density at radius 2 is 1.50 bits per heavy atom. The zero-order chi connectivity index (χ0) is 21.5. The van der Waals surface area contributed by atoms with Gasteiger partial charge in [-0.05, 0) is 32.1 Å². The van der Waals surface area contributed by atoms with E-state index in [0.29, 0.717) is 18.6 Å². The number of esters is 1. The number of carbonyl (C=O) groups excluding carboxylic acids is 1. The van der Waals surface area contributed by atoms with Crippen molar-refractivity contribution in [1.82, 2.24) is 0 Å². The maximum absolute atomic E-state index is 11.1. The van der Waals surface area contributed by atoms with Gasteiger partial charge in [-0.2, -0.15) is 0 Å². The molecule has 4 heteroatoms. The average molecular weight is 393 g/mol. The average Bonchev–Trinajstić information content (AvgIpc) is 2.67. The third-order valence-electron chi connectivity index (χ3n) is 3.56. The molecule has 0 atom stereocenters. The van der Waals surface area contributed by atoms with E-state index in [-0.39, 0.29) is 5.97 Å². The molecule has 0 saturated heterocycles. The second-order valence-corrected chi connectivity index (χ2v) is 6.27. The van der Waals surface area contributed by atoms with Gasteiger partial charge in [0.1, 0.15) is 0 Å². The molecule has 0 bridgehead atoms. The Kier molecular flexibility index (Phi) is 23.0. The molecular weight excluding hydrogens is 352 g/mol. The summed E-state index contributed by atoms with van der Waals surface area (Å²) in [6, 6.07) is 0. The summed E-state index contributed by atoms with van der Waals surface area (Å²) in [6.45, 7) is 8.78. The molecule has 0 aromatic rings. The number of ether oxygens (including phenoxy) is 1. The van der Waals surface area contributed by atoms with E-state index in [4.69, 9.17) is 9.84 Å². The van der Waals surface area contributed by atoms with Gasteiger partial charge < -0.3 is 9.84 Å². The van der Waals surface area contributed by atoms with E-state index in [2.05, 4.69) is 19.9 Å². The molecule has 0 aromatic heterocycles. The Morgan fingerprint density at radius 1 is 0.821 bits per heavy atom. The third-order valence-corrected chi connectivity index (χ3v) is 3.56. The minimum atomic E-state index is -0.828. The topological polar surface area (TPSA) is 63.6 Å². The van der Waals surface area contributed by atoms with Crippen molar-refractivity contribution in [2.24, 2.45) is 0 Å². The molecule has 0 radical (unpaired) electrons. The Labute approximate surface area is 172 Å². The summed E-state index contributed by atoms with van der Waals surface area (Å²) in [5.41, 5.74) is 0.419. The number of aliphatic carboxylic acids is 1. The van der Waals surface area contributed by atoms with E-state index in [9.17, 15) is 9.59 Å². The van der Waals surface area contributed by atoms with Gasteiger partial charge in [-0.3, -0.25) is 4.79 Å². The third kappa shape index (κ3) is 21.9. The molecule has 4 nitrogen and oxygen atoms in total. The summed E-state index contributed by atoms with van der Waals surface area (Å²) in [5.74, 6) is -0.967. The molecule has 0 aliphatic carbocycles.